The van der Waals surface area contributed by atoms with Gasteiger partial charge < -0.3 is 15.4 Å². The molecular weight excluding hydrogens is 340 g/mol. The molecule has 0 aromatic heterocycles. The van der Waals surface area contributed by atoms with Gasteiger partial charge in [0.05, 0.1) is 17.5 Å². The summed E-state index contributed by atoms with van der Waals surface area (Å²) in [6.07, 6.45) is 1.88. The fourth-order valence-electron chi connectivity index (χ4n) is 2.54. The lowest BCUT2D eigenvalue weighted by atomic mass is 10.2. The molecule has 2 rings (SSSR count). The van der Waals surface area contributed by atoms with E-state index in [0.29, 0.717) is 19.7 Å². The second-order valence-electron chi connectivity index (χ2n) is 5.86. The summed E-state index contributed by atoms with van der Waals surface area (Å²) in [4.78, 5) is 4.73. The predicted molar refractivity (Wildman–Crippen MR) is 99.1 cm³/mol. The Kier molecular flexibility index (Phi) is 7.67. The third kappa shape index (κ3) is 6.30. The van der Waals surface area contributed by atoms with Crippen molar-refractivity contribution in [3.05, 3.63) is 29.8 Å². The Morgan fingerprint density at radius 3 is 2.44 bits per heavy atom. The third-order valence-electron chi connectivity index (χ3n) is 3.87. The van der Waals surface area contributed by atoms with Gasteiger partial charge in [0.2, 0.25) is 10.0 Å². The largest absolute Gasteiger partial charge is 0.377 e. The van der Waals surface area contributed by atoms with Crippen molar-refractivity contribution in [1.29, 1.82) is 0 Å². The van der Waals surface area contributed by atoms with Crippen LogP contribution in [0.5, 0.6) is 0 Å². The summed E-state index contributed by atoms with van der Waals surface area (Å²) in [6.45, 7) is 7.12. The molecule has 1 aromatic carbocycles. The first kappa shape index (κ1) is 19.7. The summed E-state index contributed by atoms with van der Waals surface area (Å²) in [5.41, 5.74) is 0.950. The van der Waals surface area contributed by atoms with Crippen molar-refractivity contribution in [1.82, 2.24) is 15.4 Å². The second kappa shape index (κ2) is 9.74. The minimum Gasteiger partial charge on any atom is -0.377 e. The summed E-state index contributed by atoms with van der Waals surface area (Å²) in [5.74, 6) is 0.750. The van der Waals surface area contributed by atoms with Crippen molar-refractivity contribution in [2.45, 2.75) is 44.2 Å². The summed E-state index contributed by atoms with van der Waals surface area (Å²) in [7, 11) is -3.50. The Labute approximate surface area is 150 Å². The molecule has 1 atom stereocenters. The molecule has 1 unspecified atom stereocenters. The maximum atomic E-state index is 12.3. The molecule has 25 heavy (non-hydrogen) atoms. The molecule has 140 valence electrons. The van der Waals surface area contributed by atoms with Crippen LogP contribution in [0.2, 0.25) is 0 Å². The first-order valence-corrected chi connectivity index (χ1v) is 10.3. The zero-order chi connectivity index (χ0) is 18.1. The van der Waals surface area contributed by atoms with Gasteiger partial charge in [-0.15, -0.1) is 0 Å². The van der Waals surface area contributed by atoms with Crippen molar-refractivity contribution >= 4 is 16.0 Å². The van der Waals surface area contributed by atoms with Crippen LogP contribution >= 0.6 is 0 Å². The fraction of sp³-hybridized carbons (Fsp3) is 0.588. The lowest BCUT2D eigenvalue weighted by molar-refractivity contribution is 0.114. The van der Waals surface area contributed by atoms with E-state index in [2.05, 4.69) is 20.3 Å². The lowest BCUT2D eigenvalue weighted by Gasteiger charge is -2.12. The quantitative estimate of drug-likeness (QED) is 0.474. The van der Waals surface area contributed by atoms with E-state index in [0.717, 1.165) is 37.5 Å². The Hall–Kier alpha value is -1.64. The summed E-state index contributed by atoms with van der Waals surface area (Å²) in [6, 6.07) is 6.81. The molecule has 1 saturated heterocycles. The number of rotatable bonds is 8. The first-order chi connectivity index (χ1) is 12.0. The maximum absolute atomic E-state index is 12.3. The maximum Gasteiger partial charge on any atom is 0.240 e. The zero-order valence-corrected chi connectivity index (χ0v) is 15.7. The molecule has 0 saturated carbocycles. The molecule has 0 amide bonds. The molecule has 1 fully saturated rings. The fourth-order valence-corrected chi connectivity index (χ4v) is 3.61. The molecule has 8 heteroatoms. The van der Waals surface area contributed by atoms with Crippen molar-refractivity contribution in [3.63, 3.8) is 0 Å². The van der Waals surface area contributed by atoms with Gasteiger partial charge in [0, 0.05) is 26.2 Å². The van der Waals surface area contributed by atoms with E-state index in [1.54, 1.807) is 24.3 Å². The molecule has 0 aliphatic carbocycles. The van der Waals surface area contributed by atoms with Crippen molar-refractivity contribution < 1.29 is 13.2 Å². The summed E-state index contributed by atoms with van der Waals surface area (Å²) >= 11 is 0. The molecule has 3 N–H and O–H groups in total. The third-order valence-corrected chi connectivity index (χ3v) is 5.31. The van der Waals surface area contributed by atoms with Crippen molar-refractivity contribution in [2.75, 3.05) is 26.2 Å². The summed E-state index contributed by atoms with van der Waals surface area (Å²) in [5, 5.41) is 6.31. The summed E-state index contributed by atoms with van der Waals surface area (Å²) < 4.78 is 32.7. The van der Waals surface area contributed by atoms with E-state index in [-0.39, 0.29) is 11.0 Å². The topological polar surface area (TPSA) is 91.8 Å². The molecular formula is C17H28N4O3S. The smallest absolute Gasteiger partial charge is 0.240 e. The van der Waals surface area contributed by atoms with Crippen LogP contribution in [0.3, 0.4) is 0 Å². The number of hydrogen-bond donors (Lipinski definition) is 3. The van der Waals surface area contributed by atoms with Crippen molar-refractivity contribution in [2.24, 2.45) is 4.99 Å². The average molecular weight is 369 g/mol. The van der Waals surface area contributed by atoms with Crippen molar-refractivity contribution in [3.8, 4) is 0 Å². The Morgan fingerprint density at radius 1 is 1.20 bits per heavy atom. The van der Waals surface area contributed by atoms with Gasteiger partial charge in [-0.25, -0.2) is 18.1 Å². The molecule has 1 heterocycles. The number of aliphatic imine (C=N–C) groups is 1. The van der Waals surface area contributed by atoms with E-state index in [4.69, 9.17) is 4.74 Å². The van der Waals surface area contributed by atoms with Gasteiger partial charge >= 0.3 is 0 Å². The second-order valence-corrected chi connectivity index (χ2v) is 7.62. The van der Waals surface area contributed by atoms with Crippen LogP contribution in [0.25, 0.3) is 0 Å². The van der Waals surface area contributed by atoms with Gasteiger partial charge in [-0.1, -0.05) is 12.1 Å². The van der Waals surface area contributed by atoms with Gasteiger partial charge in [-0.05, 0) is 44.4 Å². The Balaban J connectivity index is 1.94. The van der Waals surface area contributed by atoms with E-state index in [1.807, 2.05) is 13.8 Å². The number of benzene rings is 1. The zero-order valence-electron chi connectivity index (χ0n) is 14.9. The van der Waals surface area contributed by atoms with Crippen LogP contribution in [-0.4, -0.2) is 46.7 Å². The molecule has 0 radical (unpaired) electrons. The minimum atomic E-state index is -3.50. The highest BCUT2D eigenvalue weighted by Crippen LogP contribution is 2.14. The van der Waals surface area contributed by atoms with E-state index >= 15 is 0 Å². The van der Waals surface area contributed by atoms with E-state index in [9.17, 15) is 8.42 Å². The normalized spacial score (nSPS) is 17.3. The van der Waals surface area contributed by atoms with Crippen LogP contribution in [0.4, 0.5) is 0 Å². The van der Waals surface area contributed by atoms with Gasteiger partial charge in [-0.2, -0.15) is 0 Å². The lowest BCUT2D eigenvalue weighted by Crippen LogP contribution is -2.36. The molecule has 7 nitrogen and oxygen atoms in total. The average Bonchev–Trinajstić information content (AvgIpc) is 3.12. The van der Waals surface area contributed by atoms with Gasteiger partial charge in [-0.3, -0.25) is 0 Å². The standard InChI is InChI=1S/C17H28N4O3S/c1-3-18-17(19-4-2)20-12-14-7-9-16(10-8-14)25(22,23)21-13-15-6-5-11-24-15/h7-10,15,21H,3-6,11-13H2,1-2H3,(H2,18,19,20). The Morgan fingerprint density at radius 2 is 1.88 bits per heavy atom. The van der Waals surface area contributed by atoms with Gasteiger partial charge in [0.15, 0.2) is 5.96 Å². The highest BCUT2D eigenvalue weighted by molar-refractivity contribution is 7.89. The van der Waals surface area contributed by atoms with Crippen LogP contribution in [0.1, 0.15) is 32.3 Å². The van der Waals surface area contributed by atoms with Crippen LogP contribution in [0.15, 0.2) is 34.2 Å². The highest BCUT2D eigenvalue weighted by atomic mass is 32.2. The van der Waals surface area contributed by atoms with Gasteiger partial charge in [0.1, 0.15) is 0 Å². The van der Waals surface area contributed by atoms with E-state index in [1.165, 1.54) is 0 Å². The minimum absolute atomic E-state index is 0.0149. The number of sulfonamides is 1. The van der Waals surface area contributed by atoms with Crippen LogP contribution in [-0.2, 0) is 21.3 Å². The number of nitrogens with one attached hydrogen (secondary N) is 3. The predicted octanol–water partition coefficient (Wildman–Crippen LogP) is 1.22. The molecule has 1 aliphatic heterocycles. The monoisotopic (exact) mass is 368 g/mol. The van der Waals surface area contributed by atoms with Crippen LogP contribution in [0, 0.1) is 0 Å². The first-order valence-electron chi connectivity index (χ1n) is 8.77. The number of ether oxygens (including phenoxy) is 1. The molecule has 0 bridgehead atoms. The SMILES string of the molecule is CCNC(=NCc1ccc(S(=O)(=O)NCC2CCCO2)cc1)NCC. The Bertz CT molecular complexity index is 645. The molecule has 1 aromatic rings. The molecule has 1 aliphatic rings. The molecule has 0 spiro atoms. The van der Waals surface area contributed by atoms with Crippen LogP contribution < -0.4 is 15.4 Å². The van der Waals surface area contributed by atoms with E-state index < -0.39 is 10.0 Å². The number of hydrogen-bond acceptors (Lipinski definition) is 4. The van der Waals surface area contributed by atoms with Gasteiger partial charge in [0.25, 0.3) is 0 Å². The highest BCUT2D eigenvalue weighted by Gasteiger charge is 2.20. The number of nitrogens with zero attached hydrogens (tertiary/aromatic N) is 1. The number of guanidine groups is 1.